The quantitative estimate of drug-likeness (QED) is 0.380. The Morgan fingerprint density at radius 1 is 1.26 bits per heavy atom. The summed E-state index contributed by atoms with van der Waals surface area (Å²) < 4.78 is 5.05. The Labute approximate surface area is 115 Å². The van der Waals surface area contributed by atoms with Crippen LogP contribution in [0, 0.1) is 5.92 Å². The molecule has 0 bridgehead atoms. The zero-order chi connectivity index (χ0) is 15.1. The predicted octanol–water partition coefficient (Wildman–Crippen LogP) is 1.97. The van der Waals surface area contributed by atoms with Crippen molar-refractivity contribution in [3.05, 3.63) is 0 Å². The van der Waals surface area contributed by atoms with Crippen LogP contribution in [0.4, 0.5) is 4.79 Å². The molecule has 0 heterocycles. The highest BCUT2D eigenvalue weighted by atomic mass is 28.3. The number of nitrogens with one attached hydrogen (secondary N) is 2. The van der Waals surface area contributed by atoms with Crippen molar-refractivity contribution in [1.82, 2.24) is 10.8 Å². The van der Waals surface area contributed by atoms with Gasteiger partial charge in [-0.3, -0.25) is 10.0 Å². The van der Waals surface area contributed by atoms with Gasteiger partial charge >= 0.3 is 6.09 Å². The summed E-state index contributed by atoms with van der Waals surface area (Å²) in [6, 6.07) is 0.103. The number of carbonyl (C=O) groups excluding carboxylic acids is 2. The minimum absolute atomic E-state index is 0.213. The topological polar surface area (TPSA) is 87.7 Å². The SMILES string of the molecule is CC(C)CC(NC(=O)OCC[Si](C)(C)C)C(=O)NO. The van der Waals surface area contributed by atoms with Crippen molar-refractivity contribution >= 4 is 20.1 Å². The Morgan fingerprint density at radius 3 is 2.26 bits per heavy atom. The third kappa shape index (κ3) is 9.49. The van der Waals surface area contributed by atoms with Gasteiger partial charge in [0.2, 0.25) is 0 Å². The van der Waals surface area contributed by atoms with Crippen LogP contribution in [-0.2, 0) is 9.53 Å². The van der Waals surface area contributed by atoms with Crippen LogP contribution in [0.15, 0.2) is 0 Å². The second kappa shape index (κ2) is 8.16. The zero-order valence-corrected chi connectivity index (χ0v) is 13.4. The van der Waals surface area contributed by atoms with Gasteiger partial charge in [0.15, 0.2) is 0 Å². The van der Waals surface area contributed by atoms with E-state index in [2.05, 4.69) is 25.0 Å². The summed E-state index contributed by atoms with van der Waals surface area (Å²) in [4.78, 5) is 23.0. The van der Waals surface area contributed by atoms with Gasteiger partial charge in [-0.25, -0.2) is 10.3 Å². The molecule has 0 aromatic heterocycles. The van der Waals surface area contributed by atoms with Gasteiger partial charge in [-0.1, -0.05) is 33.5 Å². The molecule has 0 fully saturated rings. The van der Waals surface area contributed by atoms with Crippen molar-refractivity contribution in [2.24, 2.45) is 5.92 Å². The van der Waals surface area contributed by atoms with Gasteiger partial charge in [0.1, 0.15) is 6.04 Å². The molecule has 0 aliphatic carbocycles. The van der Waals surface area contributed by atoms with Crippen molar-refractivity contribution in [3.8, 4) is 0 Å². The Bertz CT molecular complexity index is 303. The third-order valence-electron chi connectivity index (χ3n) is 2.51. The molecule has 6 nitrogen and oxygen atoms in total. The van der Waals surface area contributed by atoms with E-state index >= 15 is 0 Å². The summed E-state index contributed by atoms with van der Waals surface area (Å²) in [5.41, 5.74) is 1.55. The third-order valence-corrected chi connectivity index (χ3v) is 4.22. The first-order valence-corrected chi connectivity index (χ1v) is 10.2. The van der Waals surface area contributed by atoms with Crippen LogP contribution in [0.2, 0.25) is 25.7 Å². The lowest BCUT2D eigenvalue weighted by Crippen LogP contribution is -2.46. The van der Waals surface area contributed by atoms with Crippen LogP contribution in [0.1, 0.15) is 20.3 Å². The van der Waals surface area contributed by atoms with E-state index in [0.717, 1.165) is 6.04 Å². The molecule has 3 N–H and O–H groups in total. The van der Waals surface area contributed by atoms with E-state index in [0.29, 0.717) is 13.0 Å². The first kappa shape index (κ1) is 17.9. The number of rotatable bonds is 7. The van der Waals surface area contributed by atoms with Gasteiger partial charge in [-0.05, 0) is 18.4 Å². The Balaban J connectivity index is 4.20. The van der Waals surface area contributed by atoms with E-state index in [1.54, 1.807) is 5.48 Å². The summed E-state index contributed by atoms with van der Waals surface area (Å²) in [6.07, 6.45) is -0.178. The summed E-state index contributed by atoms with van der Waals surface area (Å²) >= 11 is 0. The number of hydroxylamine groups is 1. The maximum absolute atomic E-state index is 11.6. The van der Waals surface area contributed by atoms with Crippen LogP contribution in [0.3, 0.4) is 0 Å². The predicted molar refractivity (Wildman–Crippen MR) is 75.8 cm³/mol. The first-order chi connectivity index (χ1) is 8.65. The molecule has 2 amide bonds. The van der Waals surface area contributed by atoms with Crippen molar-refractivity contribution in [1.29, 1.82) is 0 Å². The van der Waals surface area contributed by atoms with Crippen molar-refractivity contribution in [2.45, 2.75) is 52.0 Å². The van der Waals surface area contributed by atoms with Gasteiger partial charge in [0, 0.05) is 8.07 Å². The fourth-order valence-electron chi connectivity index (χ4n) is 1.41. The van der Waals surface area contributed by atoms with E-state index in [4.69, 9.17) is 9.94 Å². The molecule has 0 aliphatic heterocycles. The molecule has 112 valence electrons. The Kier molecular flexibility index (Phi) is 7.70. The molecule has 1 atom stereocenters. The van der Waals surface area contributed by atoms with Crippen molar-refractivity contribution in [3.63, 3.8) is 0 Å². The molecule has 0 spiro atoms. The average Bonchev–Trinajstić information content (AvgIpc) is 2.24. The van der Waals surface area contributed by atoms with Gasteiger partial charge < -0.3 is 10.1 Å². The molecule has 0 aliphatic rings. The highest BCUT2D eigenvalue weighted by Crippen LogP contribution is 2.08. The van der Waals surface area contributed by atoms with Crippen LogP contribution in [0.25, 0.3) is 0 Å². The molecule has 0 radical (unpaired) electrons. The number of alkyl carbamates (subject to hydrolysis) is 1. The molecule has 0 saturated heterocycles. The van der Waals surface area contributed by atoms with E-state index in [1.807, 2.05) is 13.8 Å². The Morgan fingerprint density at radius 2 is 1.84 bits per heavy atom. The highest BCUT2D eigenvalue weighted by molar-refractivity contribution is 6.76. The van der Waals surface area contributed by atoms with Gasteiger partial charge in [-0.15, -0.1) is 0 Å². The molecule has 0 rings (SSSR count). The van der Waals surface area contributed by atoms with E-state index < -0.39 is 26.1 Å². The number of carbonyl (C=O) groups is 2. The standard InChI is InChI=1S/C12H26N2O4Si/c1-9(2)8-10(11(15)14-17)13-12(16)18-6-7-19(3,4)5/h9-10,17H,6-8H2,1-5H3,(H,13,16)(H,14,15). The maximum atomic E-state index is 11.6. The van der Waals surface area contributed by atoms with Gasteiger partial charge in [0.05, 0.1) is 6.61 Å². The van der Waals surface area contributed by atoms with E-state index in [1.165, 1.54) is 0 Å². The monoisotopic (exact) mass is 290 g/mol. The Hall–Kier alpha value is -1.08. The number of hydrogen-bond donors (Lipinski definition) is 3. The van der Waals surface area contributed by atoms with Crippen LogP contribution in [0.5, 0.6) is 0 Å². The molecule has 19 heavy (non-hydrogen) atoms. The van der Waals surface area contributed by atoms with Gasteiger partial charge in [-0.2, -0.15) is 0 Å². The van der Waals surface area contributed by atoms with Gasteiger partial charge in [0.25, 0.3) is 5.91 Å². The molecular formula is C12H26N2O4Si. The largest absolute Gasteiger partial charge is 0.450 e. The lowest BCUT2D eigenvalue weighted by molar-refractivity contribution is -0.131. The summed E-state index contributed by atoms with van der Waals surface area (Å²) in [5, 5.41) is 11.1. The van der Waals surface area contributed by atoms with Crippen LogP contribution in [-0.4, -0.2) is 37.9 Å². The van der Waals surface area contributed by atoms with E-state index in [9.17, 15) is 9.59 Å². The van der Waals surface area contributed by atoms with Crippen molar-refractivity contribution in [2.75, 3.05) is 6.61 Å². The van der Waals surface area contributed by atoms with Crippen molar-refractivity contribution < 1.29 is 19.5 Å². The fourth-order valence-corrected chi connectivity index (χ4v) is 2.13. The second-order valence-electron chi connectivity index (χ2n) is 6.25. The molecular weight excluding hydrogens is 264 g/mol. The first-order valence-electron chi connectivity index (χ1n) is 6.53. The highest BCUT2D eigenvalue weighted by Gasteiger charge is 2.22. The molecule has 0 saturated carbocycles. The lowest BCUT2D eigenvalue weighted by Gasteiger charge is -2.19. The smallest absolute Gasteiger partial charge is 0.407 e. The molecule has 7 heteroatoms. The molecule has 1 unspecified atom stereocenters. The minimum Gasteiger partial charge on any atom is -0.450 e. The van der Waals surface area contributed by atoms with E-state index in [-0.39, 0.29) is 5.92 Å². The maximum Gasteiger partial charge on any atom is 0.407 e. The fraction of sp³-hybridized carbons (Fsp3) is 0.833. The normalized spacial score (nSPS) is 13.0. The number of hydrogen-bond acceptors (Lipinski definition) is 4. The van der Waals surface area contributed by atoms with Crippen LogP contribution < -0.4 is 10.8 Å². The minimum atomic E-state index is -1.24. The number of amides is 2. The van der Waals surface area contributed by atoms with Crippen LogP contribution >= 0.6 is 0 Å². The summed E-state index contributed by atoms with van der Waals surface area (Å²) in [6.45, 7) is 10.8. The second-order valence-corrected chi connectivity index (χ2v) is 11.9. The zero-order valence-electron chi connectivity index (χ0n) is 12.4. The molecule has 0 aromatic rings. The molecule has 0 aromatic carbocycles. The lowest BCUT2D eigenvalue weighted by atomic mass is 10.0. The summed E-state index contributed by atoms with van der Waals surface area (Å²) in [7, 11) is -1.24. The number of ether oxygens (including phenoxy) is 1. The average molecular weight is 290 g/mol. The summed E-state index contributed by atoms with van der Waals surface area (Å²) in [5.74, 6) is -0.416.